The lowest BCUT2D eigenvalue weighted by atomic mass is 10.2. The van der Waals surface area contributed by atoms with Gasteiger partial charge in [-0.2, -0.15) is 0 Å². The van der Waals surface area contributed by atoms with Crippen LogP contribution in [0, 0.1) is 0 Å². The van der Waals surface area contributed by atoms with Crippen molar-refractivity contribution in [3.63, 3.8) is 0 Å². The normalized spacial score (nSPS) is 17.4. The summed E-state index contributed by atoms with van der Waals surface area (Å²) in [6, 6.07) is 6.75. The predicted molar refractivity (Wildman–Crippen MR) is 62.5 cm³/mol. The highest BCUT2D eigenvalue weighted by Crippen LogP contribution is 2.28. The van der Waals surface area contributed by atoms with Gasteiger partial charge in [-0.3, -0.25) is 0 Å². The monoisotopic (exact) mass is 261 g/mol. The quantitative estimate of drug-likeness (QED) is 0.756. The van der Waals surface area contributed by atoms with E-state index in [1.54, 1.807) is 18.2 Å². The van der Waals surface area contributed by atoms with Crippen LogP contribution in [0.25, 0.3) is 0 Å². The molecule has 0 aromatic heterocycles. The third kappa shape index (κ3) is 2.48. The van der Waals surface area contributed by atoms with E-state index < -0.39 is 9.05 Å². The largest absolute Gasteiger partial charge is 0.378 e. The zero-order valence-electron chi connectivity index (χ0n) is 8.60. The van der Waals surface area contributed by atoms with E-state index >= 15 is 0 Å². The highest BCUT2D eigenvalue weighted by atomic mass is 35.7. The van der Waals surface area contributed by atoms with Crippen LogP contribution in [0.1, 0.15) is 0 Å². The maximum atomic E-state index is 11.4. The zero-order chi connectivity index (χ0) is 11.6. The van der Waals surface area contributed by atoms with E-state index in [9.17, 15) is 8.42 Å². The van der Waals surface area contributed by atoms with Crippen LogP contribution >= 0.6 is 10.7 Å². The molecule has 0 aliphatic carbocycles. The third-order valence-corrected chi connectivity index (χ3v) is 3.85. The summed E-state index contributed by atoms with van der Waals surface area (Å²) in [5.41, 5.74) is 0.654. The SMILES string of the molecule is O=S(=O)(Cl)c1ccccc1N1CCOCC1. The summed E-state index contributed by atoms with van der Waals surface area (Å²) < 4.78 is 28.0. The van der Waals surface area contributed by atoms with Crippen molar-refractivity contribution in [1.29, 1.82) is 0 Å². The lowest BCUT2D eigenvalue weighted by molar-refractivity contribution is 0.122. The van der Waals surface area contributed by atoms with Crippen LogP contribution in [-0.4, -0.2) is 34.7 Å². The Hall–Kier alpha value is -0.780. The first-order valence-electron chi connectivity index (χ1n) is 4.95. The van der Waals surface area contributed by atoms with E-state index in [4.69, 9.17) is 15.4 Å². The molecule has 0 bridgehead atoms. The number of hydrogen-bond donors (Lipinski definition) is 0. The predicted octanol–water partition coefficient (Wildman–Crippen LogP) is 1.45. The molecule has 0 unspecified atom stereocenters. The van der Waals surface area contributed by atoms with Gasteiger partial charge in [-0.25, -0.2) is 8.42 Å². The Kier molecular flexibility index (Phi) is 3.37. The molecule has 1 aromatic carbocycles. The van der Waals surface area contributed by atoms with Crippen LogP contribution < -0.4 is 4.90 Å². The average molecular weight is 262 g/mol. The molecule has 0 radical (unpaired) electrons. The molecule has 1 saturated heterocycles. The number of benzene rings is 1. The van der Waals surface area contributed by atoms with E-state index in [-0.39, 0.29) is 4.90 Å². The topological polar surface area (TPSA) is 46.6 Å². The fourth-order valence-electron chi connectivity index (χ4n) is 1.73. The lowest BCUT2D eigenvalue weighted by Crippen LogP contribution is -2.36. The first kappa shape index (κ1) is 11.7. The lowest BCUT2D eigenvalue weighted by Gasteiger charge is -2.29. The van der Waals surface area contributed by atoms with Gasteiger partial charge in [0, 0.05) is 23.8 Å². The Bertz CT molecular complexity index is 469. The highest BCUT2D eigenvalue weighted by molar-refractivity contribution is 8.13. The van der Waals surface area contributed by atoms with Gasteiger partial charge in [0.05, 0.1) is 18.9 Å². The third-order valence-electron chi connectivity index (χ3n) is 2.48. The van der Waals surface area contributed by atoms with Gasteiger partial charge in [0.25, 0.3) is 9.05 Å². The molecule has 0 amide bonds. The molecular weight excluding hydrogens is 250 g/mol. The molecule has 2 rings (SSSR count). The van der Waals surface area contributed by atoms with Gasteiger partial charge in [0.15, 0.2) is 0 Å². The maximum absolute atomic E-state index is 11.4. The molecule has 0 atom stereocenters. The maximum Gasteiger partial charge on any atom is 0.263 e. The molecule has 0 spiro atoms. The standard InChI is InChI=1S/C10H12ClNO3S/c11-16(13,14)10-4-2-1-3-9(10)12-5-7-15-8-6-12/h1-4H,5-8H2. The summed E-state index contributed by atoms with van der Waals surface area (Å²) in [4.78, 5) is 2.14. The Morgan fingerprint density at radius 1 is 1.19 bits per heavy atom. The van der Waals surface area contributed by atoms with Crippen molar-refractivity contribution in [2.45, 2.75) is 4.90 Å². The molecule has 88 valence electrons. The molecule has 6 heteroatoms. The molecule has 16 heavy (non-hydrogen) atoms. The number of morpholine rings is 1. The Labute approximate surface area is 99.2 Å². The van der Waals surface area contributed by atoms with Crippen molar-refractivity contribution in [1.82, 2.24) is 0 Å². The minimum atomic E-state index is -3.69. The summed E-state index contributed by atoms with van der Waals surface area (Å²) in [6.45, 7) is 2.58. The van der Waals surface area contributed by atoms with Crippen molar-refractivity contribution in [3.8, 4) is 0 Å². The van der Waals surface area contributed by atoms with Crippen molar-refractivity contribution in [2.75, 3.05) is 31.2 Å². The van der Waals surface area contributed by atoms with Crippen LogP contribution in [0.5, 0.6) is 0 Å². The second kappa shape index (κ2) is 4.61. The molecule has 4 nitrogen and oxygen atoms in total. The molecule has 1 aliphatic rings. The molecular formula is C10H12ClNO3S. The van der Waals surface area contributed by atoms with Gasteiger partial charge in [-0.15, -0.1) is 0 Å². The van der Waals surface area contributed by atoms with Crippen molar-refractivity contribution in [2.24, 2.45) is 0 Å². The van der Waals surface area contributed by atoms with E-state index in [0.29, 0.717) is 32.0 Å². The Morgan fingerprint density at radius 3 is 2.44 bits per heavy atom. The number of ether oxygens (including phenoxy) is 1. The second-order valence-corrected chi connectivity index (χ2v) is 6.04. The van der Waals surface area contributed by atoms with Gasteiger partial charge in [-0.05, 0) is 12.1 Å². The molecule has 1 fully saturated rings. The van der Waals surface area contributed by atoms with E-state index in [1.807, 2.05) is 4.90 Å². The second-order valence-electron chi connectivity index (χ2n) is 3.50. The molecule has 0 saturated carbocycles. The Balaban J connectivity index is 2.40. The summed E-state index contributed by atoms with van der Waals surface area (Å²) in [7, 11) is 1.70. The molecule has 0 N–H and O–H groups in total. The highest BCUT2D eigenvalue weighted by Gasteiger charge is 2.20. The summed E-state index contributed by atoms with van der Waals surface area (Å²) >= 11 is 0. The number of halogens is 1. The van der Waals surface area contributed by atoms with Crippen LogP contribution in [0.4, 0.5) is 5.69 Å². The smallest absolute Gasteiger partial charge is 0.263 e. The minimum absolute atomic E-state index is 0.165. The van der Waals surface area contributed by atoms with E-state index in [2.05, 4.69) is 0 Å². The van der Waals surface area contributed by atoms with Crippen molar-refractivity contribution >= 4 is 25.4 Å². The zero-order valence-corrected chi connectivity index (χ0v) is 10.2. The number of para-hydroxylation sites is 1. The van der Waals surface area contributed by atoms with Crippen LogP contribution in [0.3, 0.4) is 0 Å². The number of hydrogen-bond acceptors (Lipinski definition) is 4. The van der Waals surface area contributed by atoms with Crippen LogP contribution in [0.2, 0.25) is 0 Å². The first-order chi connectivity index (χ1) is 7.59. The van der Waals surface area contributed by atoms with Gasteiger partial charge in [0.2, 0.25) is 0 Å². The summed E-state index contributed by atoms with van der Waals surface area (Å²) in [5, 5.41) is 0. The average Bonchev–Trinajstić information content (AvgIpc) is 2.29. The number of nitrogens with zero attached hydrogens (tertiary/aromatic N) is 1. The van der Waals surface area contributed by atoms with Gasteiger partial charge in [0.1, 0.15) is 4.90 Å². The summed E-state index contributed by atoms with van der Waals surface area (Å²) in [6.07, 6.45) is 0. The Morgan fingerprint density at radius 2 is 1.81 bits per heavy atom. The fourth-order valence-corrected chi connectivity index (χ4v) is 2.81. The van der Waals surface area contributed by atoms with Gasteiger partial charge in [-0.1, -0.05) is 12.1 Å². The number of rotatable bonds is 2. The van der Waals surface area contributed by atoms with Crippen molar-refractivity contribution in [3.05, 3.63) is 24.3 Å². The first-order valence-corrected chi connectivity index (χ1v) is 7.26. The van der Waals surface area contributed by atoms with Crippen LogP contribution in [0.15, 0.2) is 29.2 Å². The summed E-state index contributed by atoms with van der Waals surface area (Å²) in [5.74, 6) is 0. The fraction of sp³-hybridized carbons (Fsp3) is 0.400. The minimum Gasteiger partial charge on any atom is -0.378 e. The van der Waals surface area contributed by atoms with Gasteiger partial charge >= 0.3 is 0 Å². The molecule has 1 aromatic rings. The molecule has 1 heterocycles. The number of anilines is 1. The van der Waals surface area contributed by atoms with Crippen LogP contribution in [-0.2, 0) is 13.8 Å². The van der Waals surface area contributed by atoms with E-state index in [1.165, 1.54) is 6.07 Å². The van der Waals surface area contributed by atoms with Crippen molar-refractivity contribution < 1.29 is 13.2 Å². The van der Waals surface area contributed by atoms with Gasteiger partial charge < -0.3 is 9.64 Å². The van der Waals surface area contributed by atoms with E-state index in [0.717, 1.165) is 0 Å². The molecule has 1 aliphatic heterocycles.